The van der Waals surface area contributed by atoms with Crippen molar-refractivity contribution in [2.75, 3.05) is 6.61 Å². The van der Waals surface area contributed by atoms with E-state index in [1.54, 1.807) is 12.1 Å². The summed E-state index contributed by atoms with van der Waals surface area (Å²) in [5.41, 5.74) is 0.987. The topological polar surface area (TPSA) is 9.23 Å². The van der Waals surface area contributed by atoms with Crippen molar-refractivity contribution in [1.82, 2.24) is 0 Å². The van der Waals surface area contributed by atoms with Gasteiger partial charge in [-0.15, -0.1) is 0 Å². The van der Waals surface area contributed by atoms with E-state index in [4.69, 9.17) is 4.74 Å². The highest BCUT2D eigenvalue weighted by molar-refractivity contribution is 5.16. The molecular formula is C22H37FO. The van der Waals surface area contributed by atoms with Crippen molar-refractivity contribution >= 4 is 0 Å². The summed E-state index contributed by atoms with van der Waals surface area (Å²) in [6, 6.07) is 7.01. The Bertz CT molecular complexity index is 441. The highest BCUT2D eigenvalue weighted by Crippen LogP contribution is 2.31. The van der Waals surface area contributed by atoms with E-state index in [1.165, 1.54) is 51.0 Å². The van der Waals surface area contributed by atoms with Crippen LogP contribution in [0.1, 0.15) is 84.6 Å². The summed E-state index contributed by atoms with van der Waals surface area (Å²) < 4.78 is 19.4. The van der Waals surface area contributed by atoms with Gasteiger partial charge in [0.15, 0.2) is 0 Å². The van der Waals surface area contributed by atoms with Gasteiger partial charge in [0.2, 0.25) is 0 Å². The van der Waals surface area contributed by atoms with E-state index >= 15 is 0 Å². The third kappa shape index (κ3) is 8.28. The molecule has 0 fully saturated rings. The molecule has 2 heteroatoms. The molecule has 1 nitrogen and oxygen atoms in total. The van der Waals surface area contributed by atoms with Crippen LogP contribution in [0.5, 0.6) is 0 Å². The average Bonchev–Trinajstić information content (AvgIpc) is 2.53. The number of aryl methyl sites for hydroxylation is 1. The molecule has 0 N–H and O–H groups in total. The van der Waals surface area contributed by atoms with Gasteiger partial charge in [-0.2, -0.15) is 0 Å². The first kappa shape index (κ1) is 21.2. The molecule has 24 heavy (non-hydrogen) atoms. The van der Waals surface area contributed by atoms with Crippen LogP contribution in [0, 0.1) is 11.7 Å². The maximum absolute atomic E-state index is 13.4. The molecule has 0 saturated carbocycles. The fourth-order valence-corrected chi connectivity index (χ4v) is 3.53. The molecule has 0 spiro atoms. The van der Waals surface area contributed by atoms with Crippen LogP contribution in [0.25, 0.3) is 0 Å². The lowest BCUT2D eigenvalue weighted by Crippen LogP contribution is -2.35. The summed E-state index contributed by atoms with van der Waals surface area (Å²) >= 11 is 0. The molecule has 1 aromatic rings. The Balaban J connectivity index is 2.51. The van der Waals surface area contributed by atoms with Gasteiger partial charge in [0.05, 0.1) is 5.60 Å². The Morgan fingerprint density at radius 1 is 1.00 bits per heavy atom. The molecule has 1 unspecified atom stereocenters. The molecule has 0 aromatic heterocycles. The molecule has 0 bridgehead atoms. The number of halogens is 1. The molecule has 0 radical (unpaired) electrons. The van der Waals surface area contributed by atoms with Crippen molar-refractivity contribution < 1.29 is 9.13 Å². The van der Waals surface area contributed by atoms with Crippen molar-refractivity contribution in [3.05, 3.63) is 35.6 Å². The Morgan fingerprint density at radius 2 is 1.71 bits per heavy atom. The van der Waals surface area contributed by atoms with Gasteiger partial charge in [-0.25, -0.2) is 4.39 Å². The Hall–Kier alpha value is -0.890. The minimum Gasteiger partial charge on any atom is -0.376 e. The Labute approximate surface area is 149 Å². The van der Waals surface area contributed by atoms with Crippen LogP contribution in [0.2, 0.25) is 0 Å². The van der Waals surface area contributed by atoms with Gasteiger partial charge in [-0.1, -0.05) is 57.6 Å². The normalized spacial score (nSPS) is 13.2. The lowest BCUT2D eigenvalue weighted by molar-refractivity contribution is -0.0598. The van der Waals surface area contributed by atoms with Gasteiger partial charge in [0, 0.05) is 6.61 Å². The summed E-state index contributed by atoms with van der Waals surface area (Å²) in [5.74, 6) is 0.385. The van der Waals surface area contributed by atoms with Crippen LogP contribution in [0.15, 0.2) is 24.3 Å². The maximum Gasteiger partial charge on any atom is 0.123 e. The van der Waals surface area contributed by atoms with Crippen molar-refractivity contribution in [2.45, 2.75) is 91.1 Å². The number of unbranched alkanes of at least 4 members (excludes halogenated alkanes) is 5. The van der Waals surface area contributed by atoms with Crippen LogP contribution in [-0.4, -0.2) is 12.2 Å². The third-order valence-corrected chi connectivity index (χ3v) is 5.08. The quantitative estimate of drug-likeness (QED) is 0.354. The molecule has 0 aliphatic rings. The first-order valence-corrected chi connectivity index (χ1v) is 9.88. The zero-order valence-corrected chi connectivity index (χ0v) is 16.2. The fourth-order valence-electron chi connectivity index (χ4n) is 3.53. The summed E-state index contributed by atoms with van der Waals surface area (Å²) in [4.78, 5) is 0. The first-order chi connectivity index (χ1) is 11.5. The second-order valence-electron chi connectivity index (χ2n) is 7.46. The standard InChI is InChI=1S/C22H37FO/c1-5-7-8-9-10-11-14-20(22(3,4)24-6-2)17-16-19-13-12-15-21(23)18-19/h12-13,15,18,20H,5-11,14,16-17H2,1-4H3. The molecule has 138 valence electrons. The largest absolute Gasteiger partial charge is 0.376 e. The molecule has 0 heterocycles. The first-order valence-electron chi connectivity index (χ1n) is 9.88. The van der Waals surface area contributed by atoms with Gasteiger partial charge >= 0.3 is 0 Å². The molecule has 0 aliphatic heterocycles. The molecular weight excluding hydrogens is 299 g/mol. The summed E-state index contributed by atoms with van der Waals surface area (Å²) in [6.45, 7) is 9.50. The predicted octanol–water partition coefficient (Wildman–Crippen LogP) is 6.94. The van der Waals surface area contributed by atoms with Crippen molar-refractivity contribution in [2.24, 2.45) is 5.92 Å². The van der Waals surface area contributed by atoms with E-state index in [0.717, 1.165) is 25.0 Å². The molecule has 0 amide bonds. The Kier molecular flexibility index (Phi) is 10.2. The van der Waals surface area contributed by atoms with Crippen LogP contribution in [-0.2, 0) is 11.2 Å². The van der Waals surface area contributed by atoms with Crippen LogP contribution in [0.3, 0.4) is 0 Å². The lowest BCUT2D eigenvalue weighted by atomic mass is 9.81. The van der Waals surface area contributed by atoms with E-state index in [9.17, 15) is 4.39 Å². The fraction of sp³-hybridized carbons (Fsp3) is 0.727. The van der Waals surface area contributed by atoms with E-state index in [-0.39, 0.29) is 11.4 Å². The second kappa shape index (κ2) is 11.6. The minimum atomic E-state index is -0.135. The van der Waals surface area contributed by atoms with Crippen molar-refractivity contribution in [3.8, 4) is 0 Å². The highest BCUT2D eigenvalue weighted by Gasteiger charge is 2.29. The maximum atomic E-state index is 13.4. The van der Waals surface area contributed by atoms with Crippen LogP contribution < -0.4 is 0 Å². The third-order valence-electron chi connectivity index (χ3n) is 5.08. The minimum absolute atomic E-state index is 0.106. The van der Waals surface area contributed by atoms with Gasteiger partial charge in [0.25, 0.3) is 0 Å². The van der Waals surface area contributed by atoms with Gasteiger partial charge in [-0.3, -0.25) is 0 Å². The summed E-state index contributed by atoms with van der Waals surface area (Å²) in [7, 11) is 0. The number of ether oxygens (including phenoxy) is 1. The SMILES string of the molecule is CCCCCCCCC(CCc1cccc(F)c1)C(C)(C)OCC. The van der Waals surface area contributed by atoms with Crippen molar-refractivity contribution in [3.63, 3.8) is 0 Å². The summed E-state index contributed by atoms with van der Waals surface area (Å²) in [6.07, 6.45) is 11.1. The van der Waals surface area contributed by atoms with E-state index in [0.29, 0.717) is 5.92 Å². The number of hydrogen-bond acceptors (Lipinski definition) is 1. The number of hydrogen-bond donors (Lipinski definition) is 0. The average molecular weight is 337 g/mol. The molecule has 1 atom stereocenters. The van der Waals surface area contributed by atoms with Gasteiger partial charge < -0.3 is 4.74 Å². The van der Waals surface area contributed by atoms with E-state index in [1.807, 2.05) is 6.07 Å². The monoisotopic (exact) mass is 336 g/mol. The lowest BCUT2D eigenvalue weighted by Gasteiger charge is -2.34. The van der Waals surface area contributed by atoms with Gasteiger partial charge in [-0.05, 0) is 63.6 Å². The molecule has 0 aliphatic carbocycles. The zero-order valence-electron chi connectivity index (χ0n) is 16.2. The molecule has 1 rings (SSSR count). The zero-order chi connectivity index (χ0) is 17.8. The predicted molar refractivity (Wildman–Crippen MR) is 102 cm³/mol. The number of benzene rings is 1. The smallest absolute Gasteiger partial charge is 0.123 e. The summed E-state index contributed by atoms with van der Waals surface area (Å²) in [5, 5.41) is 0. The Morgan fingerprint density at radius 3 is 2.38 bits per heavy atom. The molecule has 1 aromatic carbocycles. The highest BCUT2D eigenvalue weighted by atomic mass is 19.1. The number of rotatable bonds is 13. The van der Waals surface area contributed by atoms with E-state index in [2.05, 4.69) is 27.7 Å². The van der Waals surface area contributed by atoms with E-state index < -0.39 is 0 Å². The van der Waals surface area contributed by atoms with Crippen molar-refractivity contribution in [1.29, 1.82) is 0 Å². The van der Waals surface area contributed by atoms with Crippen LogP contribution in [0.4, 0.5) is 4.39 Å². The second-order valence-corrected chi connectivity index (χ2v) is 7.46. The van der Waals surface area contributed by atoms with Gasteiger partial charge in [0.1, 0.15) is 5.82 Å². The molecule has 0 saturated heterocycles. The van der Waals surface area contributed by atoms with Crippen LogP contribution >= 0.6 is 0 Å².